The highest BCUT2D eigenvalue weighted by atomic mass is 32.2. The summed E-state index contributed by atoms with van der Waals surface area (Å²) >= 11 is 0. The average Bonchev–Trinajstić information content (AvgIpc) is 3.52. The van der Waals surface area contributed by atoms with Gasteiger partial charge in [-0.2, -0.15) is 18.3 Å². The van der Waals surface area contributed by atoms with E-state index in [-0.39, 0.29) is 28.8 Å². The van der Waals surface area contributed by atoms with Crippen LogP contribution in [0.3, 0.4) is 0 Å². The molecule has 1 heterocycles. The van der Waals surface area contributed by atoms with E-state index in [0.29, 0.717) is 12.0 Å². The number of aromatic nitrogens is 2. The second kappa shape index (κ2) is 21.8. The van der Waals surface area contributed by atoms with Crippen molar-refractivity contribution in [2.75, 3.05) is 6.61 Å². The predicted octanol–water partition coefficient (Wildman–Crippen LogP) is 7.84. The second-order valence-electron chi connectivity index (χ2n) is 12.8. The van der Waals surface area contributed by atoms with E-state index in [1.807, 2.05) is 6.92 Å². The number of nitrogens with zero attached hydrogens (tertiary/aromatic N) is 2. The summed E-state index contributed by atoms with van der Waals surface area (Å²) in [6, 6.07) is 12.5. The Morgan fingerprint density at radius 1 is 0.880 bits per heavy atom. The van der Waals surface area contributed by atoms with Crippen LogP contribution in [0.15, 0.2) is 59.5 Å². The third-order valence-corrected chi connectivity index (χ3v) is 9.34. The molecule has 0 unspecified atom stereocenters. The Labute approximate surface area is 295 Å². The number of alkyl halides is 3. The summed E-state index contributed by atoms with van der Waals surface area (Å²) in [5, 5.41) is 30.4. The molecule has 3 aromatic rings. The number of aryl methyl sites for hydroxylation is 1. The number of amides is 1. The molecule has 1 amide bonds. The molecule has 0 fully saturated rings. The molecule has 0 radical (unpaired) electrons. The lowest BCUT2D eigenvalue weighted by Gasteiger charge is -2.21. The van der Waals surface area contributed by atoms with Gasteiger partial charge >= 0.3 is 6.18 Å². The number of nitrogens with one attached hydrogen (secondary N) is 1. The highest BCUT2D eigenvalue weighted by molar-refractivity contribution is 7.89. The maximum atomic E-state index is 13.1. The molecule has 0 bridgehead atoms. The minimum Gasteiger partial charge on any atom is -0.394 e. The number of halogens is 3. The molecule has 0 aliphatic rings. The summed E-state index contributed by atoms with van der Waals surface area (Å²) < 4.78 is 63.2. The van der Waals surface area contributed by atoms with E-state index in [9.17, 15) is 36.6 Å². The molecule has 0 saturated carbocycles. The van der Waals surface area contributed by atoms with Crippen LogP contribution in [0, 0.1) is 6.92 Å². The van der Waals surface area contributed by atoms with Crippen molar-refractivity contribution in [2.45, 2.75) is 134 Å². The molecule has 2 atom stereocenters. The monoisotopic (exact) mass is 724 g/mol. The first-order chi connectivity index (χ1) is 23.7. The third kappa shape index (κ3) is 15.7. The quantitative estimate of drug-likeness (QED) is 0.0874. The van der Waals surface area contributed by atoms with Crippen molar-refractivity contribution in [1.82, 2.24) is 15.1 Å². The zero-order valence-corrected chi connectivity index (χ0v) is 30.4. The van der Waals surface area contributed by atoms with E-state index in [0.717, 1.165) is 29.2 Å². The van der Waals surface area contributed by atoms with E-state index < -0.39 is 34.0 Å². The van der Waals surface area contributed by atoms with Gasteiger partial charge in [0.25, 0.3) is 0 Å². The Kier molecular flexibility index (Phi) is 18.7. The fraction of sp³-hybridized carbons (Fsp3) is 0.568. The summed E-state index contributed by atoms with van der Waals surface area (Å²) in [5.41, 5.74) is 0.996. The summed E-state index contributed by atoms with van der Waals surface area (Å²) in [4.78, 5) is 10.8. The maximum Gasteiger partial charge on any atom is 0.435 e. The van der Waals surface area contributed by atoms with Gasteiger partial charge in [0, 0.05) is 12.5 Å². The first-order valence-corrected chi connectivity index (χ1v) is 19.2. The van der Waals surface area contributed by atoms with Gasteiger partial charge in [-0.25, -0.2) is 18.2 Å². The Bertz CT molecular complexity index is 1510. The first-order valence-electron chi connectivity index (χ1n) is 17.6. The summed E-state index contributed by atoms with van der Waals surface area (Å²) in [6.07, 6.45) is 12.3. The van der Waals surface area contributed by atoms with Crippen LogP contribution in [-0.2, 0) is 21.0 Å². The minimum atomic E-state index is -4.61. The Balaban J connectivity index is 0.000000349. The maximum absolute atomic E-state index is 13.1. The first kappa shape index (κ1) is 42.9. The molecule has 5 N–H and O–H groups in total. The Morgan fingerprint density at radius 3 is 1.82 bits per heavy atom. The summed E-state index contributed by atoms with van der Waals surface area (Å²) in [5.74, 6) is -0.210. The van der Waals surface area contributed by atoms with Gasteiger partial charge in [0.05, 0.1) is 35.0 Å². The number of primary sulfonamides is 1. The van der Waals surface area contributed by atoms with Crippen molar-refractivity contribution in [3.8, 4) is 16.9 Å². The van der Waals surface area contributed by atoms with Gasteiger partial charge in [0.1, 0.15) is 0 Å². The molecule has 0 spiro atoms. The van der Waals surface area contributed by atoms with Gasteiger partial charge in [-0.05, 0) is 43.7 Å². The number of sulfonamides is 1. The second-order valence-corrected chi connectivity index (χ2v) is 14.4. The van der Waals surface area contributed by atoms with E-state index in [4.69, 9.17) is 5.14 Å². The van der Waals surface area contributed by atoms with Crippen molar-refractivity contribution in [3.63, 3.8) is 0 Å². The van der Waals surface area contributed by atoms with Gasteiger partial charge in [0.15, 0.2) is 5.69 Å². The van der Waals surface area contributed by atoms with Crippen LogP contribution in [0.4, 0.5) is 13.2 Å². The fourth-order valence-corrected chi connectivity index (χ4v) is 6.04. The number of carbonyl (C=O) groups is 1. The number of nitrogens with two attached hydrogens (primary N) is 1. The number of aliphatic hydroxyl groups excluding tert-OH is 2. The minimum absolute atomic E-state index is 0.138. The average molecular weight is 725 g/mol. The Morgan fingerprint density at radius 2 is 1.38 bits per heavy atom. The SMILES string of the molecule is CCCCCCCCCCCCCCC[C@H](O)[C@H](CO)NC(C)=O.Cc1ccc(-c2cc(C(F)(F)F)nn2-c2ccc(S(N)(=O)=O)cc2)cc1. The fourth-order valence-electron chi connectivity index (χ4n) is 5.52. The number of carbonyl (C=O) groups excluding carboxylic acids is 1. The lowest BCUT2D eigenvalue weighted by molar-refractivity contribution is -0.141. The lowest BCUT2D eigenvalue weighted by Crippen LogP contribution is -2.44. The normalized spacial score (nSPS) is 13.0. The molecular formula is C37H55F3N4O5S. The Hall–Kier alpha value is -3.26. The van der Waals surface area contributed by atoms with Crippen molar-refractivity contribution in [2.24, 2.45) is 5.14 Å². The van der Waals surface area contributed by atoms with Gasteiger partial charge in [0.2, 0.25) is 15.9 Å². The largest absolute Gasteiger partial charge is 0.435 e. The number of hydrogen-bond acceptors (Lipinski definition) is 6. The van der Waals surface area contributed by atoms with Crippen molar-refractivity contribution >= 4 is 15.9 Å². The molecule has 3 rings (SSSR count). The molecular weight excluding hydrogens is 669 g/mol. The molecule has 280 valence electrons. The molecule has 0 aliphatic heterocycles. The zero-order chi connectivity index (χ0) is 37.2. The predicted molar refractivity (Wildman–Crippen MR) is 191 cm³/mol. The van der Waals surface area contributed by atoms with Crippen molar-refractivity contribution in [1.29, 1.82) is 0 Å². The van der Waals surface area contributed by atoms with Crippen molar-refractivity contribution in [3.05, 3.63) is 65.9 Å². The molecule has 2 aromatic carbocycles. The van der Waals surface area contributed by atoms with Crippen LogP contribution in [0.5, 0.6) is 0 Å². The van der Waals surface area contributed by atoms with Gasteiger partial charge in [-0.3, -0.25) is 4.79 Å². The zero-order valence-electron chi connectivity index (χ0n) is 29.6. The van der Waals surface area contributed by atoms with Gasteiger partial charge in [-0.1, -0.05) is 120 Å². The van der Waals surface area contributed by atoms with Crippen LogP contribution >= 0.6 is 0 Å². The molecule has 0 aliphatic carbocycles. The smallest absolute Gasteiger partial charge is 0.394 e. The van der Waals surface area contributed by atoms with E-state index in [2.05, 4.69) is 17.3 Å². The standard InChI is InChI=1S/C20H41NO3.C17H14F3N3O2S/c1-3-4-5-6-7-8-9-10-11-12-13-14-15-16-20(24)19(17-22)21-18(2)23;1-11-2-4-12(5-3-11)15-10-16(17(18,19)20)22-23(15)13-6-8-14(9-7-13)26(21,24)25/h19-20,22,24H,3-17H2,1-2H3,(H,21,23);2-10H,1H3,(H2,21,24,25)/t19-,20-;/m0./s1. The van der Waals surface area contributed by atoms with Gasteiger partial charge in [-0.15, -0.1) is 0 Å². The topological polar surface area (TPSA) is 148 Å². The van der Waals surface area contributed by atoms with Gasteiger partial charge < -0.3 is 15.5 Å². The van der Waals surface area contributed by atoms with Crippen LogP contribution in [-0.4, -0.2) is 53.1 Å². The van der Waals surface area contributed by atoms with Crippen LogP contribution in [0.1, 0.15) is 115 Å². The van der Waals surface area contributed by atoms with Crippen LogP contribution in [0.2, 0.25) is 0 Å². The van der Waals surface area contributed by atoms with E-state index >= 15 is 0 Å². The molecule has 0 saturated heterocycles. The molecule has 9 nitrogen and oxygen atoms in total. The van der Waals surface area contributed by atoms with E-state index in [1.165, 1.54) is 102 Å². The van der Waals surface area contributed by atoms with Crippen LogP contribution in [0.25, 0.3) is 16.9 Å². The lowest BCUT2D eigenvalue weighted by atomic mass is 10.0. The third-order valence-electron chi connectivity index (χ3n) is 8.41. The number of aliphatic hydroxyl groups is 2. The van der Waals surface area contributed by atoms with E-state index in [1.54, 1.807) is 24.3 Å². The summed E-state index contributed by atoms with van der Waals surface area (Å²) in [7, 11) is -3.90. The number of hydrogen-bond donors (Lipinski definition) is 4. The number of unbranched alkanes of at least 4 members (excludes halogenated alkanes) is 12. The number of rotatable bonds is 20. The van der Waals surface area contributed by atoms with Crippen molar-refractivity contribution < 1.29 is 36.6 Å². The number of benzene rings is 2. The highest BCUT2D eigenvalue weighted by Gasteiger charge is 2.35. The summed E-state index contributed by atoms with van der Waals surface area (Å²) in [6.45, 7) is 5.32. The molecule has 50 heavy (non-hydrogen) atoms. The highest BCUT2D eigenvalue weighted by Crippen LogP contribution is 2.33. The van der Waals surface area contributed by atoms with Crippen LogP contribution < -0.4 is 10.5 Å². The molecule has 1 aromatic heterocycles. The molecule has 13 heteroatoms.